The van der Waals surface area contributed by atoms with Gasteiger partial charge in [0.25, 0.3) is 5.91 Å². The second-order valence-corrected chi connectivity index (χ2v) is 7.40. The largest absolute Gasteiger partial charge is 0.464 e. The molecule has 4 rings (SSSR count). The van der Waals surface area contributed by atoms with E-state index < -0.39 is 0 Å². The van der Waals surface area contributed by atoms with Crippen molar-refractivity contribution in [1.82, 2.24) is 10.2 Å². The van der Waals surface area contributed by atoms with Crippen molar-refractivity contribution in [2.75, 3.05) is 13.2 Å². The number of nitrogens with zero attached hydrogens (tertiary/aromatic N) is 1. The first kappa shape index (κ1) is 19.4. The summed E-state index contributed by atoms with van der Waals surface area (Å²) >= 11 is 0. The molecular formula is C23H24N2O4. The lowest BCUT2D eigenvalue weighted by Crippen LogP contribution is -2.32. The third-order valence-corrected chi connectivity index (χ3v) is 5.56. The highest BCUT2D eigenvalue weighted by atomic mass is 16.3. The zero-order valence-corrected chi connectivity index (χ0v) is 16.1. The molecule has 29 heavy (non-hydrogen) atoms. The van der Waals surface area contributed by atoms with Gasteiger partial charge in [-0.15, -0.1) is 0 Å². The monoisotopic (exact) mass is 392 g/mol. The van der Waals surface area contributed by atoms with Crippen LogP contribution in [0.1, 0.15) is 34.3 Å². The normalized spacial score (nSPS) is 16.9. The molecule has 1 saturated heterocycles. The standard InChI is InChI=1S/C23H24N2O4/c26-15-19-6-3-10-25(19)14-18-5-2-1-4-17(18)13-24-23(28)16-7-8-20-21(27)9-11-29-22(20)12-16/h1-2,4-5,7-9,11-12,19,26H,3,6,10,13-15H2,(H,24,28). The van der Waals surface area contributed by atoms with E-state index in [4.69, 9.17) is 4.42 Å². The predicted octanol–water partition coefficient (Wildman–Crippen LogP) is 2.68. The van der Waals surface area contributed by atoms with Crippen LogP contribution in [0, 0.1) is 0 Å². The SMILES string of the molecule is O=C(NCc1ccccc1CN1CCCC1CO)c1ccc2c(=O)ccoc2c1. The summed E-state index contributed by atoms with van der Waals surface area (Å²) in [6.07, 6.45) is 3.45. The highest BCUT2D eigenvalue weighted by molar-refractivity contribution is 5.97. The minimum Gasteiger partial charge on any atom is -0.464 e. The van der Waals surface area contributed by atoms with Crippen molar-refractivity contribution in [2.45, 2.75) is 32.0 Å². The van der Waals surface area contributed by atoms with Crippen molar-refractivity contribution in [3.63, 3.8) is 0 Å². The van der Waals surface area contributed by atoms with Crippen LogP contribution in [0.2, 0.25) is 0 Å². The van der Waals surface area contributed by atoms with Crippen LogP contribution in [0.3, 0.4) is 0 Å². The zero-order valence-electron chi connectivity index (χ0n) is 16.1. The van der Waals surface area contributed by atoms with Gasteiger partial charge in [-0.1, -0.05) is 24.3 Å². The third kappa shape index (κ3) is 4.23. The van der Waals surface area contributed by atoms with Crippen molar-refractivity contribution in [3.8, 4) is 0 Å². The van der Waals surface area contributed by atoms with Crippen LogP contribution in [0.25, 0.3) is 11.0 Å². The molecule has 1 fully saturated rings. The molecule has 1 unspecified atom stereocenters. The molecule has 2 heterocycles. The Morgan fingerprint density at radius 1 is 1.17 bits per heavy atom. The van der Waals surface area contributed by atoms with E-state index in [9.17, 15) is 14.7 Å². The molecule has 1 amide bonds. The lowest BCUT2D eigenvalue weighted by Gasteiger charge is -2.24. The van der Waals surface area contributed by atoms with Gasteiger partial charge in [0, 0.05) is 30.8 Å². The molecule has 1 aromatic heterocycles. The Hall–Kier alpha value is -2.96. The molecule has 0 saturated carbocycles. The van der Waals surface area contributed by atoms with Gasteiger partial charge >= 0.3 is 0 Å². The molecule has 1 atom stereocenters. The Morgan fingerprint density at radius 2 is 2.00 bits per heavy atom. The summed E-state index contributed by atoms with van der Waals surface area (Å²) in [5.74, 6) is -0.220. The number of nitrogens with one attached hydrogen (secondary N) is 1. The van der Waals surface area contributed by atoms with Gasteiger partial charge in [-0.2, -0.15) is 0 Å². The Bertz CT molecular complexity index is 1080. The van der Waals surface area contributed by atoms with E-state index >= 15 is 0 Å². The number of amides is 1. The number of benzene rings is 2. The van der Waals surface area contributed by atoms with Gasteiger partial charge in [0.05, 0.1) is 18.3 Å². The summed E-state index contributed by atoms with van der Waals surface area (Å²) in [7, 11) is 0. The number of fused-ring (bicyclic) bond motifs is 1. The van der Waals surface area contributed by atoms with E-state index in [1.807, 2.05) is 18.2 Å². The molecule has 2 aromatic carbocycles. The molecular weight excluding hydrogens is 368 g/mol. The molecule has 0 radical (unpaired) electrons. The fourth-order valence-corrected chi connectivity index (χ4v) is 3.91. The summed E-state index contributed by atoms with van der Waals surface area (Å²) in [4.78, 5) is 26.7. The third-order valence-electron chi connectivity index (χ3n) is 5.56. The molecule has 1 aliphatic rings. The summed E-state index contributed by atoms with van der Waals surface area (Å²) in [6, 6.07) is 14.5. The fourth-order valence-electron chi connectivity index (χ4n) is 3.91. The van der Waals surface area contributed by atoms with Crippen LogP contribution in [-0.4, -0.2) is 35.1 Å². The van der Waals surface area contributed by atoms with Crippen molar-refractivity contribution >= 4 is 16.9 Å². The predicted molar refractivity (Wildman–Crippen MR) is 111 cm³/mol. The molecule has 150 valence electrons. The first-order chi connectivity index (χ1) is 14.2. The van der Waals surface area contributed by atoms with Gasteiger partial charge in [0.2, 0.25) is 0 Å². The van der Waals surface area contributed by atoms with Crippen LogP contribution < -0.4 is 10.7 Å². The topological polar surface area (TPSA) is 82.8 Å². The Balaban J connectivity index is 1.46. The summed E-state index contributed by atoms with van der Waals surface area (Å²) < 4.78 is 5.35. The minimum atomic E-state index is -0.220. The fraction of sp³-hybridized carbons (Fsp3) is 0.304. The zero-order chi connectivity index (χ0) is 20.2. The summed E-state index contributed by atoms with van der Waals surface area (Å²) in [6.45, 7) is 2.33. The molecule has 6 heteroatoms. The van der Waals surface area contributed by atoms with Crippen molar-refractivity contribution in [1.29, 1.82) is 0 Å². The van der Waals surface area contributed by atoms with Crippen molar-refractivity contribution < 1.29 is 14.3 Å². The lowest BCUT2D eigenvalue weighted by molar-refractivity contribution is 0.0950. The van der Waals surface area contributed by atoms with Gasteiger partial charge in [-0.3, -0.25) is 14.5 Å². The van der Waals surface area contributed by atoms with E-state index in [1.165, 1.54) is 12.3 Å². The van der Waals surface area contributed by atoms with E-state index in [2.05, 4.69) is 16.3 Å². The molecule has 0 bridgehead atoms. The van der Waals surface area contributed by atoms with Crippen LogP contribution >= 0.6 is 0 Å². The van der Waals surface area contributed by atoms with Gasteiger partial charge in [0.1, 0.15) is 5.58 Å². The van der Waals surface area contributed by atoms with Crippen LogP contribution in [0.5, 0.6) is 0 Å². The maximum absolute atomic E-state index is 12.6. The lowest BCUT2D eigenvalue weighted by atomic mass is 10.1. The minimum absolute atomic E-state index is 0.129. The van der Waals surface area contributed by atoms with Gasteiger partial charge in [-0.05, 0) is 48.7 Å². The average Bonchev–Trinajstić information content (AvgIpc) is 3.20. The second-order valence-electron chi connectivity index (χ2n) is 7.40. The first-order valence-electron chi connectivity index (χ1n) is 9.87. The van der Waals surface area contributed by atoms with Gasteiger partial charge < -0.3 is 14.8 Å². The number of carbonyl (C=O) groups excluding carboxylic acids is 1. The maximum Gasteiger partial charge on any atom is 0.251 e. The second kappa shape index (κ2) is 8.59. The highest BCUT2D eigenvalue weighted by Crippen LogP contribution is 2.21. The number of hydrogen-bond donors (Lipinski definition) is 2. The Kier molecular flexibility index (Phi) is 5.74. The van der Waals surface area contributed by atoms with Crippen molar-refractivity contribution in [3.05, 3.63) is 81.7 Å². The van der Waals surface area contributed by atoms with Crippen LogP contribution in [0.15, 0.2) is 64.0 Å². The van der Waals surface area contributed by atoms with Gasteiger partial charge in [0.15, 0.2) is 5.43 Å². The summed E-state index contributed by atoms with van der Waals surface area (Å²) in [5.41, 5.74) is 2.92. The Morgan fingerprint density at radius 3 is 2.83 bits per heavy atom. The molecule has 0 spiro atoms. The smallest absolute Gasteiger partial charge is 0.251 e. The molecule has 6 nitrogen and oxygen atoms in total. The van der Waals surface area contributed by atoms with Crippen LogP contribution in [-0.2, 0) is 13.1 Å². The first-order valence-corrected chi connectivity index (χ1v) is 9.87. The van der Waals surface area contributed by atoms with E-state index in [1.54, 1.807) is 18.2 Å². The molecule has 0 aliphatic carbocycles. The quantitative estimate of drug-likeness (QED) is 0.674. The number of aliphatic hydroxyl groups excluding tert-OH is 1. The molecule has 1 aliphatic heterocycles. The summed E-state index contributed by atoms with van der Waals surface area (Å²) in [5, 5.41) is 13.0. The average molecular weight is 392 g/mol. The van der Waals surface area contributed by atoms with E-state index in [0.29, 0.717) is 23.1 Å². The molecule has 3 aromatic rings. The van der Waals surface area contributed by atoms with Crippen LogP contribution in [0.4, 0.5) is 0 Å². The van der Waals surface area contributed by atoms with E-state index in [0.717, 1.165) is 37.1 Å². The number of hydrogen-bond acceptors (Lipinski definition) is 5. The molecule has 2 N–H and O–H groups in total. The van der Waals surface area contributed by atoms with E-state index in [-0.39, 0.29) is 24.0 Å². The number of likely N-dealkylation sites (tertiary alicyclic amines) is 1. The van der Waals surface area contributed by atoms with Crippen molar-refractivity contribution in [2.24, 2.45) is 0 Å². The van der Waals surface area contributed by atoms with Gasteiger partial charge in [-0.25, -0.2) is 0 Å². The number of aliphatic hydroxyl groups is 1. The Labute approximate surface area is 168 Å². The maximum atomic E-state index is 12.6. The number of carbonyl (C=O) groups is 1. The highest BCUT2D eigenvalue weighted by Gasteiger charge is 2.24. The number of rotatable bonds is 6.